The van der Waals surface area contributed by atoms with Crippen LogP contribution in [0.15, 0.2) is 0 Å². The minimum atomic E-state index is -2.35. The number of likely N-dealkylation sites (tertiary alicyclic amines) is 1. The summed E-state index contributed by atoms with van der Waals surface area (Å²) in [7, 11) is 0. The molecule has 1 amide bonds. The molecule has 0 aromatic carbocycles. The van der Waals surface area contributed by atoms with Gasteiger partial charge in [0.1, 0.15) is 5.60 Å². The van der Waals surface area contributed by atoms with Crippen LogP contribution in [0, 0.1) is 5.92 Å². The highest BCUT2D eigenvalue weighted by atomic mass is 19.3. The fourth-order valence-corrected chi connectivity index (χ4v) is 1.49. The Labute approximate surface area is 88.4 Å². The molecule has 1 aliphatic heterocycles. The van der Waals surface area contributed by atoms with E-state index in [1.165, 1.54) is 4.90 Å². The second kappa shape index (κ2) is 4.33. The van der Waals surface area contributed by atoms with Gasteiger partial charge in [0.05, 0.1) is 0 Å². The van der Waals surface area contributed by atoms with E-state index in [0.717, 1.165) is 0 Å². The highest BCUT2D eigenvalue weighted by Crippen LogP contribution is 2.24. The Morgan fingerprint density at radius 1 is 1.47 bits per heavy atom. The lowest BCUT2D eigenvalue weighted by Crippen LogP contribution is -2.35. The van der Waals surface area contributed by atoms with Crippen molar-refractivity contribution in [3.63, 3.8) is 0 Å². The molecule has 0 aromatic heterocycles. The highest BCUT2D eigenvalue weighted by Gasteiger charge is 2.34. The van der Waals surface area contributed by atoms with E-state index in [4.69, 9.17) is 4.74 Å². The molecule has 0 aliphatic carbocycles. The maximum absolute atomic E-state index is 12.3. The maximum atomic E-state index is 12.3. The Morgan fingerprint density at radius 3 is 2.47 bits per heavy atom. The Kier molecular flexibility index (Phi) is 3.52. The second-order valence-electron chi connectivity index (χ2n) is 4.81. The van der Waals surface area contributed by atoms with Gasteiger partial charge in [-0.2, -0.15) is 0 Å². The van der Waals surface area contributed by atoms with E-state index in [1.54, 1.807) is 20.8 Å². The fourth-order valence-electron chi connectivity index (χ4n) is 1.49. The molecule has 1 fully saturated rings. The quantitative estimate of drug-likeness (QED) is 0.681. The summed E-state index contributed by atoms with van der Waals surface area (Å²) < 4.78 is 29.8. The van der Waals surface area contributed by atoms with Crippen LogP contribution < -0.4 is 0 Å². The average Bonchev–Trinajstić information content (AvgIpc) is 2.47. The second-order valence-corrected chi connectivity index (χ2v) is 4.81. The molecule has 0 radical (unpaired) electrons. The lowest BCUT2D eigenvalue weighted by Gasteiger charge is -2.24. The van der Waals surface area contributed by atoms with Crippen molar-refractivity contribution < 1.29 is 18.3 Å². The molecule has 0 bridgehead atoms. The number of nitrogens with zero attached hydrogens (tertiary/aromatic N) is 1. The summed E-state index contributed by atoms with van der Waals surface area (Å²) in [5, 5.41) is 0. The highest BCUT2D eigenvalue weighted by molar-refractivity contribution is 5.68. The molecule has 0 N–H and O–H groups in total. The lowest BCUT2D eigenvalue weighted by molar-refractivity contribution is 0.0255. The summed E-state index contributed by atoms with van der Waals surface area (Å²) in [6, 6.07) is 0. The number of carbonyl (C=O) groups excluding carboxylic acids is 1. The number of hydrogen-bond donors (Lipinski definition) is 0. The monoisotopic (exact) mass is 221 g/mol. The first-order chi connectivity index (χ1) is 6.79. The third-order valence-corrected chi connectivity index (χ3v) is 2.23. The molecule has 88 valence electrons. The molecule has 3 nitrogen and oxygen atoms in total. The standard InChI is InChI=1S/C10H17F2NO2/c1-10(2,3)15-9(14)13-5-4-7(6-13)8(11)12/h7-8H,4-6H2,1-3H3. The Balaban J connectivity index is 2.44. The molecule has 1 unspecified atom stereocenters. The van der Waals surface area contributed by atoms with Gasteiger partial charge >= 0.3 is 6.09 Å². The number of rotatable bonds is 1. The molecule has 15 heavy (non-hydrogen) atoms. The molecule has 1 aliphatic rings. The van der Waals surface area contributed by atoms with Crippen molar-refractivity contribution in [2.45, 2.75) is 39.2 Å². The third kappa shape index (κ3) is 3.64. The van der Waals surface area contributed by atoms with Crippen molar-refractivity contribution in [2.24, 2.45) is 5.92 Å². The van der Waals surface area contributed by atoms with E-state index in [9.17, 15) is 13.6 Å². The van der Waals surface area contributed by atoms with Crippen LogP contribution in [0.2, 0.25) is 0 Å². The topological polar surface area (TPSA) is 29.5 Å². The zero-order valence-electron chi connectivity index (χ0n) is 9.30. The number of ether oxygens (including phenoxy) is 1. The van der Waals surface area contributed by atoms with Crippen LogP contribution in [-0.4, -0.2) is 36.1 Å². The first kappa shape index (κ1) is 12.2. The summed E-state index contributed by atoms with van der Waals surface area (Å²) in [6.07, 6.45) is -2.49. The zero-order valence-corrected chi connectivity index (χ0v) is 9.30. The summed E-state index contributed by atoms with van der Waals surface area (Å²) in [5.41, 5.74) is -0.569. The Hall–Kier alpha value is -0.870. The van der Waals surface area contributed by atoms with E-state index >= 15 is 0 Å². The molecule has 1 rings (SSSR count). The Bertz CT molecular complexity index is 238. The van der Waals surface area contributed by atoms with Crippen molar-refractivity contribution in [2.75, 3.05) is 13.1 Å². The molecular formula is C10H17F2NO2. The van der Waals surface area contributed by atoms with Gasteiger partial charge < -0.3 is 9.64 Å². The SMILES string of the molecule is CC(C)(C)OC(=O)N1CCC(C(F)F)C1. The van der Waals surface area contributed by atoms with E-state index in [2.05, 4.69) is 0 Å². The Morgan fingerprint density at radius 2 is 2.07 bits per heavy atom. The maximum Gasteiger partial charge on any atom is 0.410 e. The van der Waals surface area contributed by atoms with Gasteiger partial charge in [0.2, 0.25) is 6.43 Å². The van der Waals surface area contributed by atoms with Crippen molar-refractivity contribution in [3.8, 4) is 0 Å². The van der Waals surface area contributed by atoms with Crippen LogP contribution in [0.25, 0.3) is 0 Å². The van der Waals surface area contributed by atoms with Gasteiger partial charge in [0.15, 0.2) is 0 Å². The molecule has 1 heterocycles. The van der Waals surface area contributed by atoms with Gasteiger partial charge in [-0.15, -0.1) is 0 Å². The molecular weight excluding hydrogens is 204 g/mol. The number of alkyl halides is 2. The molecule has 5 heteroatoms. The van der Waals surface area contributed by atoms with Gasteiger partial charge in [0.25, 0.3) is 0 Å². The molecule has 0 aromatic rings. The predicted molar refractivity (Wildman–Crippen MR) is 51.9 cm³/mol. The zero-order chi connectivity index (χ0) is 11.6. The molecule has 0 spiro atoms. The largest absolute Gasteiger partial charge is 0.444 e. The molecule has 1 atom stereocenters. The van der Waals surface area contributed by atoms with E-state index in [0.29, 0.717) is 13.0 Å². The fraction of sp³-hybridized carbons (Fsp3) is 0.900. The summed E-state index contributed by atoms with van der Waals surface area (Å²) >= 11 is 0. The molecule has 0 saturated carbocycles. The minimum Gasteiger partial charge on any atom is -0.444 e. The van der Waals surface area contributed by atoms with Crippen LogP contribution >= 0.6 is 0 Å². The summed E-state index contributed by atoms with van der Waals surface area (Å²) in [6.45, 7) is 5.74. The van der Waals surface area contributed by atoms with Crippen molar-refractivity contribution >= 4 is 6.09 Å². The van der Waals surface area contributed by atoms with E-state index in [-0.39, 0.29) is 6.54 Å². The summed E-state index contributed by atoms with van der Waals surface area (Å²) in [4.78, 5) is 12.8. The van der Waals surface area contributed by atoms with Crippen molar-refractivity contribution in [1.82, 2.24) is 4.90 Å². The normalized spacial score (nSPS) is 22.3. The smallest absolute Gasteiger partial charge is 0.410 e. The van der Waals surface area contributed by atoms with Crippen LogP contribution in [0.1, 0.15) is 27.2 Å². The average molecular weight is 221 g/mol. The minimum absolute atomic E-state index is 0.104. The number of hydrogen-bond acceptors (Lipinski definition) is 2. The van der Waals surface area contributed by atoms with Gasteiger partial charge in [-0.05, 0) is 27.2 Å². The van der Waals surface area contributed by atoms with Crippen LogP contribution in [0.5, 0.6) is 0 Å². The number of carbonyl (C=O) groups is 1. The van der Waals surface area contributed by atoms with E-state index < -0.39 is 24.0 Å². The number of amides is 1. The van der Waals surface area contributed by atoms with Crippen molar-refractivity contribution in [1.29, 1.82) is 0 Å². The third-order valence-electron chi connectivity index (χ3n) is 2.23. The van der Waals surface area contributed by atoms with Gasteiger partial charge in [0, 0.05) is 19.0 Å². The lowest BCUT2D eigenvalue weighted by atomic mass is 10.1. The van der Waals surface area contributed by atoms with Crippen molar-refractivity contribution in [3.05, 3.63) is 0 Å². The van der Waals surface area contributed by atoms with Crippen LogP contribution in [0.4, 0.5) is 13.6 Å². The van der Waals surface area contributed by atoms with Gasteiger partial charge in [-0.1, -0.05) is 0 Å². The summed E-state index contributed by atoms with van der Waals surface area (Å²) in [5.74, 6) is -0.697. The van der Waals surface area contributed by atoms with Crippen LogP contribution in [0.3, 0.4) is 0 Å². The van der Waals surface area contributed by atoms with Gasteiger partial charge in [-0.25, -0.2) is 13.6 Å². The number of halogens is 2. The van der Waals surface area contributed by atoms with Crippen LogP contribution in [-0.2, 0) is 4.74 Å². The first-order valence-corrected chi connectivity index (χ1v) is 5.05. The first-order valence-electron chi connectivity index (χ1n) is 5.05. The van der Waals surface area contributed by atoms with Gasteiger partial charge in [-0.3, -0.25) is 0 Å². The van der Waals surface area contributed by atoms with E-state index in [1.807, 2.05) is 0 Å². The molecule has 1 saturated heterocycles. The predicted octanol–water partition coefficient (Wildman–Crippen LogP) is 2.51.